The fraction of sp³-hybridized carbons (Fsp3) is 0.455. The van der Waals surface area contributed by atoms with E-state index in [1.807, 2.05) is 0 Å². The van der Waals surface area contributed by atoms with Gasteiger partial charge >= 0.3 is 0 Å². The topological polar surface area (TPSA) is 32.3 Å². The first-order valence-corrected chi connectivity index (χ1v) is 5.02. The molecular formula is C11H13F2NO. The summed E-state index contributed by atoms with van der Waals surface area (Å²) in [6.07, 6.45) is 1.38. The van der Waals surface area contributed by atoms with Gasteiger partial charge in [-0.1, -0.05) is 6.07 Å². The summed E-state index contributed by atoms with van der Waals surface area (Å²) in [4.78, 5) is 0. The minimum atomic E-state index is -0.570. The van der Waals surface area contributed by atoms with Gasteiger partial charge in [0.15, 0.2) is 0 Å². The Labute approximate surface area is 86.9 Å². The largest absolute Gasteiger partial charge is 0.392 e. The van der Waals surface area contributed by atoms with E-state index in [0.29, 0.717) is 12.1 Å². The highest BCUT2D eigenvalue weighted by Gasteiger charge is 2.28. The second-order valence-electron chi connectivity index (χ2n) is 3.87. The quantitative estimate of drug-likeness (QED) is 0.799. The number of aliphatic hydroxyl groups excluding tert-OH is 1. The van der Waals surface area contributed by atoms with Crippen LogP contribution < -0.4 is 5.32 Å². The first-order valence-electron chi connectivity index (χ1n) is 5.02. The summed E-state index contributed by atoms with van der Waals surface area (Å²) < 4.78 is 25.8. The number of benzene rings is 1. The molecule has 0 aliphatic heterocycles. The highest BCUT2D eigenvalue weighted by molar-refractivity contribution is 5.18. The number of hydrogen-bond donors (Lipinski definition) is 2. The Morgan fingerprint density at radius 2 is 2.13 bits per heavy atom. The number of aliphatic hydroxyl groups is 1. The summed E-state index contributed by atoms with van der Waals surface area (Å²) in [7, 11) is 0. The number of rotatable bonds is 3. The van der Waals surface area contributed by atoms with Gasteiger partial charge in [0.05, 0.1) is 6.10 Å². The molecule has 2 rings (SSSR count). The predicted molar refractivity (Wildman–Crippen MR) is 52.2 cm³/mol. The lowest BCUT2D eigenvalue weighted by molar-refractivity contribution is 0.0491. The van der Waals surface area contributed by atoms with Gasteiger partial charge < -0.3 is 10.4 Å². The third-order valence-electron chi connectivity index (χ3n) is 2.81. The summed E-state index contributed by atoms with van der Waals surface area (Å²) in [6, 6.07) is 3.57. The standard InChI is InChI=1S/C11H13F2NO/c12-8-2-1-7(9(13)5-8)6-14-10-3-4-11(10)15/h1-2,5,10-11,14-15H,3-4,6H2/t10-,11-/m1/s1. The molecular weight excluding hydrogens is 200 g/mol. The third-order valence-corrected chi connectivity index (χ3v) is 2.81. The maximum Gasteiger partial charge on any atom is 0.130 e. The average Bonchev–Trinajstić information content (AvgIpc) is 2.19. The third kappa shape index (κ3) is 2.33. The molecule has 0 heterocycles. The van der Waals surface area contributed by atoms with Crippen LogP contribution in [-0.2, 0) is 6.54 Å². The highest BCUT2D eigenvalue weighted by atomic mass is 19.1. The molecule has 82 valence electrons. The van der Waals surface area contributed by atoms with E-state index in [1.54, 1.807) is 0 Å². The fourth-order valence-electron chi connectivity index (χ4n) is 1.63. The zero-order valence-corrected chi connectivity index (χ0v) is 8.21. The molecule has 4 heteroatoms. The summed E-state index contributed by atoms with van der Waals surface area (Å²) in [6.45, 7) is 0.327. The van der Waals surface area contributed by atoms with Gasteiger partial charge in [-0.15, -0.1) is 0 Å². The van der Waals surface area contributed by atoms with Gasteiger partial charge in [0.2, 0.25) is 0 Å². The molecule has 1 aliphatic rings. The zero-order valence-electron chi connectivity index (χ0n) is 8.21. The first kappa shape index (κ1) is 10.5. The van der Waals surface area contributed by atoms with Gasteiger partial charge in [0, 0.05) is 24.2 Å². The summed E-state index contributed by atoms with van der Waals surface area (Å²) >= 11 is 0. The van der Waals surface area contributed by atoms with Gasteiger partial charge in [-0.3, -0.25) is 0 Å². The monoisotopic (exact) mass is 213 g/mol. The van der Waals surface area contributed by atoms with Crippen molar-refractivity contribution in [3.63, 3.8) is 0 Å². The van der Waals surface area contributed by atoms with Crippen molar-refractivity contribution in [2.45, 2.75) is 31.5 Å². The van der Waals surface area contributed by atoms with E-state index < -0.39 is 11.6 Å². The van der Waals surface area contributed by atoms with Crippen LogP contribution in [-0.4, -0.2) is 17.3 Å². The molecule has 2 nitrogen and oxygen atoms in total. The van der Waals surface area contributed by atoms with Crippen molar-refractivity contribution >= 4 is 0 Å². The van der Waals surface area contributed by atoms with E-state index in [9.17, 15) is 13.9 Å². The van der Waals surface area contributed by atoms with Crippen molar-refractivity contribution in [3.8, 4) is 0 Å². The molecule has 0 bridgehead atoms. The van der Waals surface area contributed by atoms with Crippen molar-refractivity contribution in [2.24, 2.45) is 0 Å². The van der Waals surface area contributed by atoms with Crippen molar-refractivity contribution in [2.75, 3.05) is 0 Å². The average molecular weight is 213 g/mol. The predicted octanol–water partition coefficient (Wildman–Crippen LogP) is 1.58. The van der Waals surface area contributed by atoms with Crippen molar-refractivity contribution in [1.82, 2.24) is 5.32 Å². The lowest BCUT2D eigenvalue weighted by atomic mass is 9.89. The minimum absolute atomic E-state index is 0.0504. The Morgan fingerprint density at radius 1 is 1.33 bits per heavy atom. The van der Waals surface area contributed by atoms with Crippen molar-refractivity contribution in [1.29, 1.82) is 0 Å². The maximum atomic E-state index is 13.2. The maximum absolute atomic E-state index is 13.2. The Kier molecular flexibility index (Phi) is 2.98. The van der Waals surface area contributed by atoms with E-state index >= 15 is 0 Å². The second-order valence-corrected chi connectivity index (χ2v) is 3.87. The van der Waals surface area contributed by atoms with Gasteiger partial charge in [-0.2, -0.15) is 0 Å². The zero-order chi connectivity index (χ0) is 10.8. The van der Waals surface area contributed by atoms with Crippen molar-refractivity contribution in [3.05, 3.63) is 35.4 Å². The smallest absolute Gasteiger partial charge is 0.130 e. The number of halogens is 2. The van der Waals surface area contributed by atoms with Gasteiger partial charge in [-0.05, 0) is 18.9 Å². The molecule has 1 aromatic rings. The first-order chi connectivity index (χ1) is 7.16. The molecule has 0 saturated heterocycles. The Balaban J connectivity index is 1.93. The van der Waals surface area contributed by atoms with Crippen molar-refractivity contribution < 1.29 is 13.9 Å². The fourth-order valence-corrected chi connectivity index (χ4v) is 1.63. The summed E-state index contributed by atoms with van der Waals surface area (Å²) in [5, 5.41) is 12.3. The molecule has 1 fully saturated rings. The number of hydrogen-bond acceptors (Lipinski definition) is 2. The lowest BCUT2D eigenvalue weighted by Crippen LogP contribution is -2.47. The van der Waals surface area contributed by atoms with Crippen LogP contribution >= 0.6 is 0 Å². The Morgan fingerprint density at radius 3 is 2.67 bits per heavy atom. The molecule has 1 aromatic carbocycles. The molecule has 1 saturated carbocycles. The van der Waals surface area contributed by atoms with Gasteiger partial charge in [0.1, 0.15) is 11.6 Å². The van der Waals surface area contributed by atoms with Crippen LogP contribution in [0.2, 0.25) is 0 Å². The van der Waals surface area contributed by atoms with Gasteiger partial charge in [0.25, 0.3) is 0 Å². The molecule has 2 N–H and O–H groups in total. The van der Waals surface area contributed by atoms with E-state index in [1.165, 1.54) is 12.1 Å². The highest BCUT2D eigenvalue weighted by Crippen LogP contribution is 2.20. The van der Waals surface area contributed by atoms with E-state index in [-0.39, 0.29) is 12.1 Å². The normalized spacial score (nSPS) is 25.0. The number of nitrogens with one attached hydrogen (secondary N) is 1. The molecule has 0 amide bonds. The van der Waals surface area contributed by atoms with Crippen LogP contribution in [0.5, 0.6) is 0 Å². The second kappa shape index (κ2) is 4.24. The van der Waals surface area contributed by atoms with Crippen LogP contribution in [0.15, 0.2) is 18.2 Å². The molecule has 0 aromatic heterocycles. The van der Waals surface area contributed by atoms with E-state index in [4.69, 9.17) is 0 Å². The van der Waals surface area contributed by atoms with E-state index in [2.05, 4.69) is 5.32 Å². The van der Waals surface area contributed by atoms with Crippen LogP contribution in [0, 0.1) is 11.6 Å². The minimum Gasteiger partial charge on any atom is -0.392 e. The molecule has 2 atom stereocenters. The molecule has 1 aliphatic carbocycles. The van der Waals surface area contributed by atoms with Crippen LogP contribution in [0.25, 0.3) is 0 Å². The van der Waals surface area contributed by atoms with Crippen LogP contribution in [0.1, 0.15) is 18.4 Å². The summed E-state index contributed by atoms with van der Waals surface area (Å²) in [5.74, 6) is -1.11. The summed E-state index contributed by atoms with van der Waals surface area (Å²) in [5.41, 5.74) is 0.426. The lowest BCUT2D eigenvalue weighted by Gasteiger charge is -2.33. The Hall–Kier alpha value is -1.00. The van der Waals surface area contributed by atoms with Crippen LogP contribution in [0.3, 0.4) is 0 Å². The SMILES string of the molecule is O[C@@H]1CC[C@H]1NCc1ccc(F)cc1F. The molecule has 0 spiro atoms. The molecule has 15 heavy (non-hydrogen) atoms. The van der Waals surface area contributed by atoms with Crippen LogP contribution in [0.4, 0.5) is 8.78 Å². The molecule has 0 unspecified atom stereocenters. The molecule has 0 radical (unpaired) electrons. The van der Waals surface area contributed by atoms with E-state index in [0.717, 1.165) is 18.9 Å². The van der Waals surface area contributed by atoms with Gasteiger partial charge in [-0.25, -0.2) is 8.78 Å². The Bertz CT molecular complexity index is 356.